The second-order valence-electron chi connectivity index (χ2n) is 10.6. The van der Waals surface area contributed by atoms with E-state index in [-0.39, 0.29) is 22.9 Å². The maximum absolute atomic E-state index is 11.4. The average molecular weight is 420 g/mol. The molecule has 3 saturated carbocycles. The third-order valence-electron chi connectivity index (χ3n) is 9.59. The molecular formula is C24H37NO5. The smallest absolute Gasteiger partial charge is 0.302 e. The minimum absolute atomic E-state index is 0.00471. The molecule has 6 nitrogen and oxygen atoms in total. The van der Waals surface area contributed by atoms with Gasteiger partial charge in [-0.05, 0) is 68.6 Å². The van der Waals surface area contributed by atoms with Crippen molar-refractivity contribution in [2.24, 2.45) is 33.7 Å². The highest BCUT2D eigenvalue weighted by molar-refractivity contribution is 5.92. The molecule has 0 spiro atoms. The maximum atomic E-state index is 11.4. The van der Waals surface area contributed by atoms with Crippen LogP contribution in [-0.4, -0.2) is 46.9 Å². The predicted octanol–water partition coefficient (Wildman–Crippen LogP) is 4.09. The first-order valence-electron chi connectivity index (χ1n) is 11.4. The van der Waals surface area contributed by atoms with Gasteiger partial charge < -0.3 is 19.8 Å². The summed E-state index contributed by atoms with van der Waals surface area (Å²) in [6, 6.07) is 0. The lowest BCUT2D eigenvalue weighted by atomic mass is 9.46. The number of esters is 1. The third-order valence-corrected chi connectivity index (χ3v) is 9.59. The predicted molar refractivity (Wildman–Crippen MR) is 113 cm³/mol. The van der Waals surface area contributed by atoms with Gasteiger partial charge in [0, 0.05) is 25.9 Å². The maximum Gasteiger partial charge on any atom is 0.302 e. The van der Waals surface area contributed by atoms with E-state index < -0.39 is 11.7 Å². The first kappa shape index (κ1) is 21.8. The Balaban J connectivity index is 1.66. The zero-order valence-electron chi connectivity index (χ0n) is 19.0. The highest BCUT2D eigenvalue weighted by Crippen LogP contribution is 2.68. The molecule has 0 heterocycles. The summed E-state index contributed by atoms with van der Waals surface area (Å²) in [6.45, 7) is 7.88. The summed E-state index contributed by atoms with van der Waals surface area (Å²) in [5, 5.41) is 24.2. The van der Waals surface area contributed by atoms with Crippen LogP contribution >= 0.6 is 0 Å². The Hall–Kier alpha value is -1.40. The van der Waals surface area contributed by atoms with Crippen molar-refractivity contribution in [3.63, 3.8) is 0 Å². The molecule has 168 valence electrons. The van der Waals surface area contributed by atoms with Gasteiger partial charge in [-0.3, -0.25) is 4.79 Å². The molecule has 0 amide bonds. The monoisotopic (exact) mass is 419 g/mol. The number of aliphatic hydroxyl groups is 1. The van der Waals surface area contributed by atoms with Crippen LogP contribution in [0.4, 0.5) is 0 Å². The van der Waals surface area contributed by atoms with E-state index in [2.05, 4.69) is 25.1 Å². The number of hydrogen-bond acceptors (Lipinski definition) is 6. The lowest BCUT2D eigenvalue weighted by Crippen LogP contribution is -2.60. The van der Waals surface area contributed by atoms with Crippen molar-refractivity contribution in [2.45, 2.75) is 90.4 Å². The number of aliphatic hydroxyl groups excluding tert-OH is 1. The van der Waals surface area contributed by atoms with Crippen molar-refractivity contribution in [1.82, 2.24) is 0 Å². The van der Waals surface area contributed by atoms with E-state index in [0.717, 1.165) is 38.5 Å². The highest BCUT2D eigenvalue weighted by Gasteiger charge is 2.69. The average Bonchev–Trinajstić information content (AvgIpc) is 2.94. The molecule has 0 aromatic rings. The van der Waals surface area contributed by atoms with Crippen LogP contribution in [0.1, 0.15) is 72.6 Å². The number of carbonyl (C=O) groups excluding carboxylic acids is 1. The Bertz CT molecular complexity index is 778. The largest absolute Gasteiger partial charge is 0.462 e. The molecule has 0 unspecified atom stereocenters. The van der Waals surface area contributed by atoms with Crippen LogP contribution in [0.5, 0.6) is 0 Å². The number of carbonyl (C=O) groups is 1. The van der Waals surface area contributed by atoms with Gasteiger partial charge in [-0.2, -0.15) is 0 Å². The summed E-state index contributed by atoms with van der Waals surface area (Å²) in [5.74, 6) is 1.15. The van der Waals surface area contributed by atoms with Crippen LogP contribution < -0.4 is 0 Å². The molecular weight excluding hydrogens is 382 g/mol. The number of rotatable bonds is 3. The minimum Gasteiger partial charge on any atom is -0.462 e. The number of allylic oxidation sites excluding steroid dienone is 1. The molecule has 30 heavy (non-hydrogen) atoms. The molecule has 2 N–H and O–H groups in total. The lowest BCUT2D eigenvalue weighted by Gasteiger charge is -2.59. The van der Waals surface area contributed by atoms with Gasteiger partial charge in [0.1, 0.15) is 11.7 Å². The zero-order valence-corrected chi connectivity index (χ0v) is 19.0. The van der Waals surface area contributed by atoms with Crippen LogP contribution in [0.3, 0.4) is 0 Å². The number of fused-ring (bicyclic) bond motifs is 5. The molecule has 0 radical (unpaired) electrons. The van der Waals surface area contributed by atoms with Crippen LogP contribution in [0, 0.1) is 28.6 Å². The van der Waals surface area contributed by atoms with Crippen LogP contribution in [0.25, 0.3) is 0 Å². The van der Waals surface area contributed by atoms with E-state index in [1.165, 1.54) is 12.5 Å². The topological polar surface area (TPSA) is 88.3 Å². The fraction of sp³-hybridized carbons (Fsp3) is 0.833. The molecule has 0 aliphatic heterocycles. The van der Waals surface area contributed by atoms with E-state index >= 15 is 0 Å². The first-order chi connectivity index (χ1) is 14.1. The summed E-state index contributed by atoms with van der Waals surface area (Å²) in [5.41, 5.74) is 0.852. The quantitative estimate of drug-likeness (QED) is 0.236. The van der Waals surface area contributed by atoms with Gasteiger partial charge in [-0.25, -0.2) is 0 Å². The number of methoxy groups -OCH3 is 1. The normalized spacial score (nSPS) is 48.3. The van der Waals surface area contributed by atoms with Crippen molar-refractivity contribution in [2.75, 3.05) is 7.11 Å². The van der Waals surface area contributed by atoms with Crippen LogP contribution in [0.15, 0.2) is 16.8 Å². The van der Waals surface area contributed by atoms with Crippen molar-refractivity contribution >= 4 is 11.7 Å². The van der Waals surface area contributed by atoms with Gasteiger partial charge in [0.2, 0.25) is 0 Å². The summed E-state index contributed by atoms with van der Waals surface area (Å²) < 4.78 is 11.5. The first-order valence-corrected chi connectivity index (χ1v) is 11.4. The molecule has 4 rings (SSSR count). The fourth-order valence-electron chi connectivity index (χ4n) is 8.21. The van der Waals surface area contributed by atoms with Gasteiger partial charge in [0.15, 0.2) is 0 Å². The number of nitrogens with zero attached hydrogens (tertiary/aromatic N) is 1. The molecule has 3 fully saturated rings. The molecule has 0 aromatic heterocycles. The Labute approximate surface area is 179 Å². The van der Waals surface area contributed by atoms with Crippen molar-refractivity contribution in [3.8, 4) is 0 Å². The summed E-state index contributed by atoms with van der Waals surface area (Å²) in [6.07, 6.45) is 8.20. The minimum atomic E-state index is -0.935. The molecule has 4 aliphatic carbocycles. The molecule has 0 saturated heterocycles. The summed E-state index contributed by atoms with van der Waals surface area (Å²) in [4.78, 5) is 11.4. The van der Waals surface area contributed by atoms with Crippen molar-refractivity contribution < 1.29 is 24.6 Å². The lowest BCUT2D eigenvalue weighted by molar-refractivity contribution is -0.149. The van der Waals surface area contributed by atoms with Gasteiger partial charge in [0.05, 0.1) is 11.8 Å². The van der Waals surface area contributed by atoms with Gasteiger partial charge >= 0.3 is 5.97 Å². The molecule has 6 heteroatoms. The number of oxime groups is 1. The zero-order chi connectivity index (χ0) is 21.9. The number of ether oxygens (including phenoxy) is 2. The van der Waals surface area contributed by atoms with Crippen LogP contribution in [-0.2, 0) is 14.3 Å². The standard InChI is InChI=1S/C24H37NO5/c1-14(25-28)24(29-5)21(27)13-20-18-7-6-16-12-17(30-15(2)26)8-10-22(16,3)19(18)9-11-23(20,24)4/h6,17-21,27-28H,7-13H2,1-5H3/b25-14-/t17-,18+,19-,20-,21+,22-,23-,24+/m0/s1. The Morgan fingerprint density at radius 3 is 2.57 bits per heavy atom. The third kappa shape index (κ3) is 2.75. The van der Waals surface area contributed by atoms with Gasteiger partial charge in [0.25, 0.3) is 0 Å². The molecule has 4 aliphatic rings. The van der Waals surface area contributed by atoms with Gasteiger partial charge in [-0.15, -0.1) is 0 Å². The Morgan fingerprint density at radius 1 is 1.20 bits per heavy atom. The van der Waals surface area contributed by atoms with Crippen molar-refractivity contribution in [1.29, 1.82) is 0 Å². The van der Waals surface area contributed by atoms with Crippen molar-refractivity contribution in [3.05, 3.63) is 11.6 Å². The van der Waals surface area contributed by atoms with E-state index in [9.17, 15) is 15.1 Å². The second-order valence-corrected chi connectivity index (χ2v) is 10.6. The molecule has 8 atom stereocenters. The van der Waals surface area contributed by atoms with E-state index in [1.807, 2.05) is 0 Å². The number of hydrogen-bond donors (Lipinski definition) is 2. The van der Waals surface area contributed by atoms with E-state index in [0.29, 0.717) is 29.9 Å². The van der Waals surface area contributed by atoms with Crippen LogP contribution in [0.2, 0.25) is 0 Å². The summed E-state index contributed by atoms with van der Waals surface area (Å²) in [7, 11) is 1.63. The molecule has 0 aromatic carbocycles. The SMILES string of the molecule is CO[C@]1(/C(C)=N\O)[C@H](O)C[C@H]2[C@@H]3CC=C4C[C@@H](OC(C)=O)CC[C@]4(C)[C@H]3CC[C@@]21C. The molecule has 0 bridgehead atoms. The highest BCUT2D eigenvalue weighted by atomic mass is 16.5. The van der Waals surface area contributed by atoms with E-state index in [1.54, 1.807) is 14.0 Å². The second kappa shape index (κ2) is 7.33. The Kier molecular flexibility index (Phi) is 5.33. The Morgan fingerprint density at radius 2 is 1.93 bits per heavy atom. The fourth-order valence-corrected chi connectivity index (χ4v) is 8.21. The van der Waals surface area contributed by atoms with Gasteiger partial charge in [-0.1, -0.05) is 30.7 Å². The van der Waals surface area contributed by atoms with E-state index in [4.69, 9.17) is 9.47 Å². The summed E-state index contributed by atoms with van der Waals surface area (Å²) >= 11 is 0.